The summed E-state index contributed by atoms with van der Waals surface area (Å²) in [5.74, 6) is 0.258. The number of urea groups is 1. The van der Waals surface area contributed by atoms with Crippen molar-refractivity contribution in [2.24, 2.45) is 7.05 Å². The molecule has 1 atom stereocenters. The lowest BCUT2D eigenvalue weighted by Gasteiger charge is -2.12. The molecule has 0 saturated carbocycles. The van der Waals surface area contributed by atoms with Crippen molar-refractivity contribution in [2.45, 2.75) is 23.9 Å². The predicted octanol–water partition coefficient (Wildman–Crippen LogP) is 3.64. The Morgan fingerprint density at radius 1 is 1.10 bits per heavy atom. The third kappa shape index (κ3) is 5.58. The first-order valence-corrected chi connectivity index (χ1v) is 10.1. The van der Waals surface area contributed by atoms with Gasteiger partial charge in [0.1, 0.15) is 0 Å². The Kier molecular flexibility index (Phi) is 6.90. The van der Waals surface area contributed by atoms with E-state index in [-0.39, 0.29) is 0 Å². The summed E-state index contributed by atoms with van der Waals surface area (Å²) in [5, 5.41) is 14.0. The zero-order chi connectivity index (χ0) is 20.8. The van der Waals surface area contributed by atoms with Crippen LogP contribution in [0.4, 0.5) is 4.79 Å². The van der Waals surface area contributed by atoms with E-state index in [4.69, 9.17) is 11.6 Å². The lowest BCUT2D eigenvalue weighted by molar-refractivity contribution is -0.119. The van der Waals surface area contributed by atoms with Crippen molar-refractivity contribution in [3.05, 3.63) is 65.2 Å². The molecule has 1 heterocycles. The number of halogens is 1. The molecule has 0 aliphatic heterocycles. The van der Waals surface area contributed by atoms with Crippen LogP contribution in [0, 0.1) is 0 Å². The Balaban J connectivity index is 1.55. The number of nitrogens with zero attached hydrogens (tertiary/aromatic N) is 3. The van der Waals surface area contributed by atoms with E-state index in [1.807, 2.05) is 49.5 Å². The molecular formula is C20H20ClN5O2S. The minimum Gasteiger partial charge on any atom is -0.334 e. The van der Waals surface area contributed by atoms with Crippen LogP contribution < -0.4 is 10.6 Å². The molecule has 2 N–H and O–H groups in total. The normalized spacial score (nSPS) is 11.7. The van der Waals surface area contributed by atoms with Crippen LogP contribution in [0.3, 0.4) is 0 Å². The van der Waals surface area contributed by atoms with Gasteiger partial charge in [0.05, 0.1) is 5.25 Å². The fourth-order valence-electron chi connectivity index (χ4n) is 2.52. The first-order chi connectivity index (χ1) is 13.9. The zero-order valence-electron chi connectivity index (χ0n) is 15.9. The lowest BCUT2D eigenvalue weighted by atomic mass is 10.2. The molecule has 0 aliphatic rings. The first kappa shape index (κ1) is 20.9. The Morgan fingerprint density at radius 3 is 2.48 bits per heavy atom. The highest BCUT2D eigenvalue weighted by Crippen LogP contribution is 2.26. The topological polar surface area (TPSA) is 88.9 Å². The quantitative estimate of drug-likeness (QED) is 0.584. The van der Waals surface area contributed by atoms with Crippen molar-refractivity contribution in [1.29, 1.82) is 0 Å². The van der Waals surface area contributed by atoms with E-state index < -0.39 is 17.2 Å². The second-order valence-electron chi connectivity index (χ2n) is 6.29. The molecule has 9 heteroatoms. The summed E-state index contributed by atoms with van der Waals surface area (Å²) in [6.45, 7) is 2.05. The minimum absolute atomic E-state index is 0.342. The number of thioether (sulfide) groups is 1. The number of rotatable bonds is 6. The molecule has 2 aromatic carbocycles. The lowest BCUT2D eigenvalue weighted by Crippen LogP contribution is -2.42. The van der Waals surface area contributed by atoms with Gasteiger partial charge in [0, 0.05) is 24.2 Å². The number of imide groups is 1. The molecule has 3 aromatic rings. The van der Waals surface area contributed by atoms with Gasteiger partial charge in [-0.3, -0.25) is 10.1 Å². The van der Waals surface area contributed by atoms with Gasteiger partial charge in [-0.25, -0.2) is 4.79 Å². The minimum atomic E-state index is -0.536. The Hall–Kier alpha value is -2.84. The zero-order valence-corrected chi connectivity index (χ0v) is 17.5. The molecule has 0 spiro atoms. The average molecular weight is 430 g/mol. The maximum absolute atomic E-state index is 12.3. The van der Waals surface area contributed by atoms with Crippen LogP contribution in [-0.4, -0.2) is 32.0 Å². The highest BCUT2D eigenvalue weighted by atomic mass is 35.5. The molecule has 0 bridgehead atoms. The van der Waals surface area contributed by atoms with E-state index in [1.165, 1.54) is 11.8 Å². The molecule has 1 aromatic heterocycles. The standard InChI is InChI=1S/C20H20ClN5O2S/c1-13(18(27)23-19(28)22-12-14-6-4-3-5-7-14)29-20-25-24-17(26(20)2)15-8-10-16(21)11-9-15/h3-11,13H,12H2,1-2H3,(H2,22,23,27,28). The van der Waals surface area contributed by atoms with E-state index in [0.29, 0.717) is 22.5 Å². The molecule has 150 valence electrons. The Bertz CT molecular complexity index is 992. The molecular weight excluding hydrogens is 410 g/mol. The van der Waals surface area contributed by atoms with E-state index in [2.05, 4.69) is 20.8 Å². The van der Waals surface area contributed by atoms with Crippen LogP contribution in [0.5, 0.6) is 0 Å². The van der Waals surface area contributed by atoms with Crippen LogP contribution in [-0.2, 0) is 18.4 Å². The highest BCUT2D eigenvalue weighted by molar-refractivity contribution is 8.00. The highest BCUT2D eigenvalue weighted by Gasteiger charge is 2.21. The summed E-state index contributed by atoms with van der Waals surface area (Å²) < 4.78 is 1.80. The Labute approximate surface area is 177 Å². The van der Waals surface area contributed by atoms with E-state index in [9.17, 15) is 9.59 Å². The largest absolute Gasteiger partial charge is 0.334 e. The molecule has 3 amide bonds. The van der Waals surface area contributed by atoms with Gasteiger partial charge >= 0.3 is 6.03 Å². The maximum Gasteiger partial charge on any atom is 0.321 e. The number of hydrogen-bond acceptors (Lipinski definition) is 5. The van der Waals surface area contributed by atoms with Gasteiger partial charge in [0.15, 0.2) is 11.0 Å². The predicted molar refractivity (Wildman–Crippen MR) is 114 cm³/mol. The number of nitrogens with one attached hydrogen (secondary N) is 2. The van der Waals surface area contributed by atoms with E-state index in [0.717, 1.165) is 11.1 Å². The number of hydrogen-bond donors (Lipinski definition) is 2. The molecule has 0 saturated heterocycles. The van der Waals surface area contributed by atoms with Crippen LogP contribution >= 0.6 is 23.4 Å². The summed E-state index contributed by atoms with van der Waals surface area (Å²) in [6, 6.07) is 16.2. The van der Waals surface area contributed by atoms with Gasteiger partial charge in [-0.15, -0.1) is 10.2 Å². The second kappa shape index (κ2) is 9.58. The van der Waals surface area contributed by atoms with Gasteiger partial charge in [-0.1, -0.05) is 53.7 Å². The number of carbonyl (C=O) groups excluding carboxylic acids is 2. The van der Waals surface area contributed by atoms with Gasteiger partial charge in [0.2, 0.25) is 5.91 Å². The number of aromatic nitrogens is 3. The number of benzene rings is 2. The van der Waals surface area contributed by atoms with Crippen molar-refractivity contribution in [1.82, 2.24) is 25.4 Å². The Morgan fingerprint density at radius 2 is 1.79 bits per heavy atom. The second-order valence-corrected chi connectivity index (χ2v) is 8.03. The van der Waals surface area contributed by atoms with Crippen LogP contribution in [0.25, 0.3) is 11.4 Å². The van der Waals surface area contributed by atoms with Crippen molar-refractivity contribution < 1.29 is 9.59 Å². The summed E-state index contributed by atoms with van der Waals surface area (Å²) in [7, 11) is 1.82. The molecule has 0 fully saturated rings. The fourth-order valence-corrected chi connectivity index (χ4v) is 3.46. The smallest absolute Gasteiger partial charge is 0.321 e. The molecule has 7 nitrogen and oxygen atoms in total. The molecule has 0 aliphatic carbocycles. The fraction of sp³-hybridized carbons (Fsp3) is 0.200. The van der Waals surface area contributed by atoms with Crippen molar-refractivity contribution in [3.8, 4) is 11.4 Å². The maximum atomic E-state index is 12.3. The third-order valence-electron chi connectivity index (χ3n) is 4.12. The van der Waals surface area contributed by atoms with Crippen molar-refractivity contribution >= 4 is 35.3 Å². The molecule has 1 unspecified atom stereocenters. The van der Waals surface area contributed by atoms with Gasteiger partial charge in [-0.05, 0) is 36.8 Å². The van der Waals surface area contributed by atoms with Gasteiger partial charge in [-0.2, -0.15) is 0 Å². The van der Waals surface area contributed by atoms with Crippen LogP contribution in [0.15, 0.2) is 59.8 Å². The SMILES string of the molecule is CC(Sc1nnc(-c2ccc(Cl)cc2)n1C)C(=O)NC(=O)NCc1ccccc1. The summed E-state index contributed by atoms with van der Waals surface area (Å²) in [5.41, 5.74) is 1.82. The monoisotopic (exact) mass is 429 g/mol. The molecule has 0 radical (unpaired) electrons. The van der Waals surface area contributed by atoms with Gasteiger partial charge < -0.3 is 9.88 Å². The van der Waals surface area contributed by atoms with Crippen molar-refractivity contribution in [3.63, 3.8) is 0 Å². The first-order valence-electron chi connectivity index (χ1n) is 8.88. The molecule has 29 heavy (non-hydrogen) atoms. The van der Waals surface area contributed by atoms with Gasteiger partial charge in [0.25, 0.3) is 0 Å². The number of amides is 3. The summed E-state index contributed by atoms with van der Waals surface area (Å²) in [6.07, 6.45) is 0. The summed E-state index contributed by atoms with van der Waals surface area (Å²) >= 11 is 7.15. The van der Waals surface area contributed by atoms with Crippen LogP contribution in [0.2, 0.25) is 5.02 Å². The average Bonchev–Trinajstić information content (AvgIpc) is 3.08. The van der Waals surface area contributed by atoms with E-state index in [1.54, 1.807) is 23.6 Å². The van der Waals surface area contributed by atoms with E-state index >= 15 is 0 Å². The third-order valence-corrected chi connectivity index (χ3v) is 5.51. The summed E-state index contributed by atoms with van der Waals surface area (Å²) in [4.78, 5) is 24.3. The molecule has 3 rings (SSSR count). The van der Waals surface area contributed by atoms with Crippen molar-refractivity contribution in [2.75, 3.05) is 0 Å². The number of carbonyl (C=O) groups is 2. The van der Waals surface area contributed by atoms with Crippen LogP contribution in [0.1, 0.15) is 12.5 Å².